The standard InChI is InChI=1S/C18H15F3N2O2/c1-24-11-6-7-15(16(10-11)25-2)23-14-8-9-22-17-12(14)4-3-5-13(17)18(19,20)21/h3-10H,1-2H3,(H,22,23). The lowest BCUT2D eigenvalue weighted by Crippen LogP contribution is -2.07. The Hall–Kier alpha value is -2.96. The topological polar surface area (TPSA) is 43.4 Å². The number of nitrogens with one attached hydrogen (secondary N) is 1. The van der Waals surface area contributed by atoms with Crippen LogP contribution in [-0.2, 0) is 6.18 Å². The summed E-state index contributed by atoms with van der Waals surface area (Å²) in [4.78, 5) is 3.91. The lowest BCUT2D eigenvalue weighted by atomic mass is 10.1. The summed E-state index contributed by atoms with van der Waals surface area (Å²) in [5, 5.41) is 3.48. The Morgan fingerprint density at radius 3 is 2.44 bits per heavy atom. The molecule has 0 amide bonds. The first kappa shape index (κ1) is 16.9. The van der Waals surface area contributed by atoms with Crippen molar-refractivity contribution in [1.29, 1.82) is 0 Å². The van der Waals surface area contributed by atoms with Crippen molar-refractivity contribution < 1.29 is 22.6 Å². The number of halogens is 3. The maximum atomic E-state index is 13.2. The van der Waals surface area contributed by atoms with Gasteiger partial charge in [0.25, 0.3) is 0 Å². The largest absolute Gasteiger partial charge is 0.497 e. The summed E-state index contributed by atoms with van der Waals surface area (Å²) < 4.78 is 50.0. The third-order valence-electron chi connectivity index (χ3n) is 3.75. The van der Waals surface area contributed by atoms with Gasteiger partial charge in [0.05, 0.1) is 31.0 Å². The summed E-state index contributed by atoms with van der Waals surface area (Å²) in [5.74, 6) is 1.12. The van der Waals surface area contributed by atoms with E-state index in [0.29, 0.717) is 28.3 Å². The van der Waals surface area contributed by atoms with E-state index in [0.717, 1.165) is 6.07 Å². The van der Waals surface area contributed by atoms with Crippen LogP contribution in [0.2, 0.25) is 0 Å². The van der Waals surface area contributed by atoms with Gasteiger partial charge in [0, 0.05) is 23.3 Å². The Kier molecular flexibility index (Phi) is 4.39. The zero-order valence-corrected chi connectivity index (χ0v) is 13.5. The number of fused-ring (bicyclic) bond motifs is 1. The Morgan fingerprint density at radius 2 is 1.76 bits per heavy atom. The molecule has 1 N–H and O–H groups in total. The van der Waals surface area contributed by atoms with Crippen molar-refractivity contribution in [2.45, 2.75) is 6.18 Å². The van der Waals surface area contributed by atoms with E-state index >= 15 is 0 Å². The van der Waals surface area contributed by atoms with Crippen molar-refractivity contribution in [3.8, 4) is 11.5 Å². The first-order valence-corrected chi connectivity index (χ1v) is 7.38. The number of para-hydroxylation sites is 1. The number of hydrogen-bond donors (Lipinski definition) is 1. The molecule has 0 aliphatic rings. The number of pyridine rings is 1. The van der Waals surface area contributed by atoms with E-state index in [4.69, 9.17) is 9.47 Å². The highest BCUT2D eigenvalue weighted by atomic mass is 19.4. The van der Waals surface area contributed by atoms with Gasteiger partial charge in [0.15, 0.2) is 0 Å². The molecule has 0 bridgehead atoms. The fourth-order valence-corrected chi connectivity index (χ4v) is 2.56. The molecule has 0 spiro atoms. The van der Waals surface area contributed by atoms with E-state index in [1.165, 1.54) is 26.5 Å². The molecule has 3 rings (SSSR count). The minimum absolute atomic E-state index is 0.104. The first-order valence-electron chi connectivity index (χ1n) is 7.38. The predicted octanol–water partition coefficient (Wildman–Crippen LogP) is 5.01. The van der Waals surface area contributed by atoms with Gasteiger partial charge in [-0.1, -0.05) is 12.1 Å². The molecule has 0 aliphatic heterocycles. The normalized spacial score (nSPS) is 11.4. The molecule has 25 heavy (non-hydrogen) atoms. The lowest BCUT2D eigenvalue weighted by Gasteiger charge is -2.15. The highest BCUT2D eigenvalue weighted by Crippen LogP contribution is 2.37. The van der Waals surface area contributed by atoms with Crippen LogP contribution in [0.5, 0.6) is 11.5 Å². The molecule has 0 unspecified atom stereocenters. The van der Waals surface area contributed by atoms with Gasteiger partial charge in [-0.05, 0) is 24.3 Å². The molecule has 1 heterocycles. The van der Waals surface area contributed by atoms with Gasteiger partial charge in [-0.15, -0.1) is 0 Å². The Morgan fingerprint density at radius 1 is 0.960 bits per heavy atom. The molecule has 3 aromatic rings. The van der Waals surface area contributed by atoms with Crippen LogP contribution < -0.4 is 14.8 Å². The monoisotopic (exact) mass is 348 g/mol. The van der Waals surface area contributed by atoms with Crippen molar-refractivity contribution in [2.75, 3.05) is 19.5 Å². The Balaban J connectivity index is 2.09. The fraction of sp³-hybridized carbons (Fsp3) is 0.167. The van der Waals surface area contributed by atoms with Gasteiger partial charge < -0.3 is 14.8 Å². The van der Waals surface area contributed by atoms with Crippen LogP contribution >= 0.6 is 0 Å². The van der Waals surface area contributed by atoms with E-state index in [1.807, 2.05) is 0 Å². The number of hydrogen-bond acceptors (Lipinski definition) is 4. The van der Waals surface area contributed by atoms with Crippen molar-refractivity contribution in [1.82, 2.24) is 4.98 Å². The quantitative estimate of drug-likeness (QED) is 0.719. The van der Waals surface area contributed by atoms with Gasteiger partial charge in [0.1, 0.15) is 11.5 Å². The van der Waals surface area contributed by atoms with E-state index < -0.39 is 11.7 Å². The van der Waals surface area contributed by atoms with Gasteiger partial charge >= 0.3 is 6.18 Å². The predicted molar refractivity (Wildman–Crippen MR) is 89.6 cm³/mol. The average Bonchev–Trinajstić information content (AvgIpc) is 2.61. The second-order valence-electron chi connectivity index (χ2n) is 5.25. The van der Waals surface area contributed by atoms with Crippen LogP contribution in [0.4, 0.5) is 24.5 Å². The molecule has 7 heteroatoms. The van der Waals surface area contributed by atoms with E-state index in [-0.39, 0.29) is 5.52 Å². The molecule has 0 atom stereocenters. The van der Waals surface area contributed by atoms with Crippen LogP contribution in [0.25, 0.3) is 10.9 Å². The Bertz CT molecular complexity index is 910. The SMILES string of the molecule is COc1ccc(Nc2ccnc3c(C(F)(F)F)cccc23)c(OC)c1. The highest BCUT2D eigenvalue weighted by Gasteiger charge is 2.33. The molecule has 1 aromatic heterocycles. The molecule has 4 nitrogen and oxygen atoms in total. The van der Waals surface area contributed by atoms with Crippen LogP contribution in [0, 0.1) is 0 Å². The zero-order chi connectivity index (χ0) is 18.0. The van der Waals surface area contributed by atoms with E-state index in [1.54, 1.807) is 30.3 Å². The fourth-order valence-electron chi connectivity index (χ4n) is 2.56. The minimum atomic E-state index is -4.47. The molecule has 2 aromatic carbocycles. The molecule has 0 saturated heterocycles. The van der Waals surface area contributed by atoms with Crippen LogP contribution in [0.1, 0.15) is 5.56 Å². The van der Waals surface area contributed by atoms with Gasteiger partial charge in [-0.3, -0.25) is 4.98 Å². The second-order valence-corrected chi connectivity index (χ2v) is 5.25. The summed E-state index contributed by atoms with van der Waals surface area (Å²) in [5.41, 5.74) is 0.232. The maximum Gasteiger partial charge on any atom is 0.418 e. The summed E-state index contributed by atoms with van der Waals surface area (Å²) in [6.07, 6.45) is -3.13. The molecule has 0 fully saturated rings. The number of nitrogens with zero attached hydrogens (tertiary/aromatic N) is 1. The smallest absolute Gasteiger partial charge is 0.418 e. The molecule has 0 aliphatic carbocycles. The van der Waals surface area contributed by atoms with Crippen molar-refractivity contribution >= 4 is 22.3 Å². The number of benzene rings is 2. The van der Waals surface area contributed by atoms with Crippen molar-refractivity contribution in [2.24, 2.45) is 0 Å². The van der Waals surface area contributed by atoms with Crippen LogP contribution in [0.15, 0.2) is 48.7 Å². The third-order valence-corrected chi connectivity index (χ3v) is 3.75. The number of anilines is 2. The van der Waals surface area contributed by atoms with Crippen molar-refractivity contribution in [3.05, 3.63) is 54.2 Å². The van der Waals surface area contributed by atoms with Crippen molar-refractivity contribution in [3.63, 3.8) is 0 Å². The lowest BCUT2D eigenvalue weighted by molar-refractivity contribution is -0.136. The summed E-state index contributed by atoms with van der Waals surface area (Å²) in [7, 11) is 3.04. The van der Waals surface area contributed by atoms with Gasteiger partial charge in [-0.25, -0.2) is 0 Å². The minimum Gasteiger partial charge on any atom is -0.497 e. The zero-order valence-electron chi connectivity index (χ0n) is 13.5. The number of alkyl halides is 3. The van der Waals surface area contributed by atoms with Gasteiger partial charge in [0.2, 0.25) is 0 Å². The molecular weight excluding hydrogens is 333 g/mol. The third kappa shape index (κ3) is 3.31. The summed E-state index contributed by atoms with van der Waals surface area (Å²) in [6, 6.07) is 10.7. The van der Waals surface area contributed by atoms with E-state index in [9.17, 15) is 13.2 Å². The number of rotatable bonds is 4. The number of methoxy groups -OCH3 is 2. The van der Waals surface area contributed by atoms with Crippen LogP contribution in [0.3, 0.4) is 0 Å². The van der Waals surface area contributed by atoms with Gasteiger partial charge in [-0.2, -0.15) is 13.2 Å². The van der Waals surface area contributed by atoms with E-state index in [2.05, 4.69) is 10.3 Å². The van der Waals surface area contributed by atoms with Crippen LogP contribution in [-0.4, -0.2) is 19.2 Å². The molecule has 130 valence electrons. The molecule has 0 saturated carbocycles. The number of aromatic nitrogens is 1. The summed E-state index contributed by atoms with van der Waals surface area (Å²) >= 11 is 0. The maximum absolute atomic E-state index is 13.2. The average molecular weight is 348 g/mol. The molecule has 0 radical (unpaired) electrons. The second kappa shape index (κ2) is 6.51. The first-order chi connectivity index (χ1) is 11.9. The summed E-state index contributed by atoms with van der Waals surface area (Å²) in [6.45, 7) is 0. The Labute approximate surface area is 142 Å². The number of ether oxygens (including phenoxy) is 2. The molecular formula is C18H15F3N2O2. The highest BCUT2D eigenvalue weighted by molar-refractivity contribution is 5.95.